The molecule has 0 fully saturated rings. The lowest BCUT2D eigenvalue weighted by molar-refractivity contribution is -0.386. The minimum absolute atomic E-state index is 0.0476. The Bertz CT molecular complexity index is 1040. The van der Waals surface area contributed by atoms with Crippen LogP contribution in [0.15, 0.2) is 46.2 Å². The molecule has 0 saturated carbocycles. The van der Waals surface area contributed by atoms with Gasteiger partial charge < -0.3 is 9.84 Å². The third-order valence-electron chi connectivity index (χ3n) is 3.32. The molecule has 2 rings (SSSR count). The second-order valence-corrected chi connectivity index (χ2v) is 6.84. The number of hydrogen-bond donors (Lipinski definition) is 1. The van der Waals surface area contributed by atoms with E-state index >= 15 is 0 Å². The highest BCUT2D eigenvalue weighted by molar-refractivity contribution is 7.95. The zero-order chi connectivity index (χ0) is 19.5. The molecule has 0 amide bonds. The lowest BCUT2D eigenvalue weighted by Crippen LogP contribution is -2.03. The van der Waals surface area contributed by atoms with Gasteiger partial charge in [0.05, 0.1) is 16.9 Å². The number of methoxy groups -OCH3 is 1. The fourth-order valence-electron chi connectivity index (χ4n) is 2.05. The molecule has 0 bridgehead atoms. The van der Waals surface area contributed by atoms with E-state index in [-0.39, 0.29) is 16.2 Å². The van der Waals surface area contributed by atoms with Crippen LogP contribution in [-0.4, -0.2) is 25.6 Å². The summed E-state index contributed by atoms with van der Waals surface area (Å²) in [6.07, 6.45) is 0.896. The van der Waals surface area contributed by atoms with Crippen LogP contribution in [0.2, 0.25) is 0 Å². The van der Waals surface area contributed by atoms with E-state index in [0.717, 1.165) is 49.6 Å². The molecule has 0 aliphatic heterocycles. The Hall–Kier alpha value is -3.45. The Morgan fingerprint density at radius 2 is 1.96 bits per heavy atom. The molecule has 2 aromatic carbocycles. The van der Waals surface area contributed by atoms with Crippen molar-refractivity contribution in [2.45, 2.75) is 4.90 Å². The molecule has 0 spiro atoms. The Balaban J connectivity index is 2.62. The first-order chi connectivity index (χ1) is 12.2. The maximum absolute atomic E-state index is 13.0. The summed E-state index contributed by atoms with van der Waals surface area (Å²) < 4.78 is 42.8. The average Bonchev–Trinajstić information content (AvgIpc) is 2.60. The van der Waals surface area contributed by atoms with Gasteiger partial charge in [0.25, 0.3) is 0 Å². The average molecular weight is 378 g/mol. The number of allylic oxidation sites excluding steroid dienone is 1. The number of benzene rings is 2. The number of phenolic OH excluding ortho intramolecular Hbond substituents is 1. The monoisotopic (exact) mass is 378 g/mol. The first-order valence-corrected chi connectivity index (χ1v) is 8.37. The Labute approximate surface area is 147 Å². The fourth-order valence-corrected chi connectivity index (χ4v) is 3.21. The molecule has 2 aromatic rings. The molecule has 0 radical (unpaired) electrons. The van der Waals surface area contributed by atoms with Gasteiger partial charge in [-0.15, -0.1) is 0 Å². The summed E-state index contributed by atoms with van der Waals surface area (Å²) in [5.41, 5.74) is -0.763. The smallest absolute Gasteiger partial charge is 0.315 e. The molecule has 134 valence electrons. The molecule has 10 heteroatoms. The number of aromatic hydroxyl groups is 1. The lowest BCUT2D eigenvalue weighted by Gasteiger charge is -2.06. The Morgan fingerprint density at radius 3 is 2.46 bits per heavy atom. The Morgan fingerprint density at radius 1 is 1.35 bits per heavy atom. The molecular weight excluding hydrogens is 367 g/mol. The zero-order valence-corrected chi connectivity index (χ0v) is 14.0. The van der Waals surface area contributed by atoms with Crippen LogP contribution in [0, 0.1) is 27.3 Å². The van der Waals surface area contributed by atoms with Crippen LogP contribution in [0.1, 0.15) is 5.56 Å². The van der Waals surface area contributed by atoms with Gasteiger partial charge in [0.2, 0.25) is 15.6 Å². The number of nitro groups is 1. The first-order valence-electron chi connectivity index (χ1n) is 6.88. The number of ether oxygens (including phenoxy) is 1. The highest BCUT2D eigenvalue weighted by atomic mass is 32.2. The molecule has 0 aliphatic carbocycles. The minimum Gasteiger partial charge on any atom is -0.500 e. The molecule has 0 unspecified atom stereocenters. The highest BCUT2D eigenvalue weighted by Gasteiger charge is 2.23. The maximum atomic E-state index is 13.0. The van der Waals surface area contributed by atoms with E-state index < -0.39 is 36.9 Å². The number of nitro benzene ring substituents is 1. The van der Waals surface area contributed by atoms with Crippen LogP contribution in [0.3, 0.4) is 0 Å². The SMILES string of the molecule is COc1cc(C=C(C#N)S(=O)(=O)c2ccc(F)cc2)cc([N+](=O)[O-])c1O. The van der Waals surface area contributed by atoms with Gasteiger partial charge in [-0.25, -0.2) is 12.8 Å². The Kier molecular flexibility index (Phi) is 5.23. The van der Waals surface area contributed by atoms with Crippen LogP contribution >= 0.6 is 0 Å². The summed E-state index contributed by atoms with van der Waals surface area (Å²) in [4.78, 5) is 9.09. The van der Waals surface area contributed by atoms with Gasteiger partial charge in [-0.2, -0.15) is 5.26 Å². The number of hydrogen-bond acceptors (Lipinski definition) is 7. The van der Waals surface area contributed by atoms with Crippen molar-refractivity contribution in [1.29, 1.82) is 5.26 Å². The zero-order valence-electron chi connectivity index (χ0n) is 13.2. The number of nitrogens with zero attached hydrogens (tertiary/aromatic N) is 2. The second kappa shape index (κ2) is 7.20. The summed E-state index contributed by atoms with van der Waals surface area (Å²) in [5.74, 6) is -1.64. The van der Waals surface area contributed by atoms with E-state index in [9.17, 15) is 33.3 Å². The normalized spacial score (nSPS) is 11.7. The maximum Gasteiger partial charge on any atom is 0.315 e. The third-order valence-corrected chi connectivity index (χ3v) is 5.00. The molecule has 0 aliphatic rings. The summed E-state index contributed by atoms with van der Waals surface area (Å²) in [6.45, 7) is 0. The number of sulfone groups is 1. The summed E-state index contributed by atoms with van der Waals surface area (Å²) >= 11 is 0. The van der Waals surface area contributed by atoms with E-state index in [4.69, 9.17) is 4.74 Å². The molecular formula is C16H11FN2O6S. The summed E-state index contributed by atoms with van der Waals surface area (Å²) in [5, 5.41) is 29.9. The largest absolute Gasteiger partial charge is 0.500 e. The van der Waals surface area contributed by atoms with Crippen LogP contribution in [-0.2, 0) is 9.84 Å². The molecule has 0 aromatic heterocycles. The molecule has 0 heterocycles. The van der Waals surface area contributed by atoms with E-state index in [1.165, 1.54) is 6.07 Å². The van der Waals surface area contributed by atoms with Gasteiger partial charge >= 0.3 is 5.69 Å². The van der Waals surface area contributed by atoms with Crippen LogP contribution in [0.5, 0.6) is 11.5 Å². The second-order valence-electron chi connectivity index (χ2n) is 4.93. The summed E-state index contributed by atoms with van der Waals surface area (Å²) in [7, 11) is -3.11. The third kappa shape index (κ3) is 3.62. The molecule has 1 N–H and O–H groups in total. The number of rotatable bonds is 5. The summed E-state index contributed by atoms with van der Waals surface area (Å²) in [6, 6.07) is 7.39. The lowest BCUT2D eigenvalue weighted by atomic mass is 10.1. The van der Waals surface area contributed by atoms with Gasteiger partial charge in [0.1, 0.15) is 16.8 Å². The van der Waals surface area contributed by atoms with Crippen molar-refractivity contribution in [2.75, 3.05) is 7.11 Å². The molecule has 0 saturated heterocycles. The van der Waals surface area contributed by atoms with E-state index in [2.05, 4.69) is 0 Å². The van der Waals surface area contributed by atoms with Crippen molar-refractivity contribution in [3.05, 3.63) is 62.8 Å². The van der Waals surface area contributed by atoms with Crippen molar-refractivity contribution in [3.63, 3.8) is 0 Å². The first kappa shape index (κ1) is 18.9. The van der Waals surface area contributed by atoms with E-state index in [1.54, 1.807) is 0 Å². The predicted molar refractivity (Wildman–Crippen MR) is 88.5 cm³/mol. The van der Waals surface area contributed by atoms with Gasteiger partial charge in [0, 0.05) is 6.07 Å². The van der Waals surface area contributed by atoms with Crippen molar-refractivity contribution in [1.82, 2.24) is 0 Å². The van der Waals surface area contributed by atoms with Crippen molar-refractivity contribution in [2.24, 2.45) is 0 Å². The fraction of sp³-hybridized carbons (Fsp3) is 0.0625. The van der Waals surface area contributed by atoms with Crippen molar-refractivity contribution < 1.29 is 27.6 Å². The number of nitriles is 1. The van der Waals surface area contributed by atoms with Crippen LogP contribution < -0.4 is 4.74 Å². The van der Waals surface area contributed by atoms with E-state index in [1.807, 2.05) is 0 Å². The van der Waals surface area contributed by atoms with Gasteiger partial charge in [-0.1, -0.05) is 0 Å². The van der Waals surface area contributed by atoms with Crippen LogP contribution in [0.25, 0.3) is 6.08 Å². The number of phenols is 1. The van der Waals surface area contributed by atoms with E-state index in [0.29, 0.717) is 0 Å². The minimum atomic E-state index is -4.27. The topological polar surface area (TPSA) is 131 Å². The quantitative estimate of drug-likeness (QED) is 0.366. The van der Waals surface area contributed by atoms with Gasteiger partial charge in [0.15, 0.2) is 5.75 Å². The van der Waals surface area contributed by atoms with Gasteiger partial charge in [-0.05, 0) is 42.0 Å². The molecule has 26 heavy (non-hydrogen) atoms. The molecule has 8 nitrogen and oxygen atoms in total. The highest BCUT2D eigenvalue weighted by Crippen LogP contribution is 2.37. The van der Waals surface area contributed by atoms with Gasteiger partial charge in [-0.3, -0.25) is 10.1 Å². The van der Waals surface area contributed by atoms with Crippen molar-refractivity contribution >= 4 is 21.6 Å². The standard InChI is InChI=1S/C16H11FN2O6S/c1-25-15-8-10(7-14(16(15)20)19(21)22)6-13(9-18)26(23,24)12-4-2-11(17)3-5-12/h2-8,20H,1H3. The van der Waals surface area contributed by atoms with Crippen LogP contribution in [0.4, 0.5) is 10.1 Å². The van der Waals surface area contributed by atoms with Crippen molar-refractivity contribution in [3.8, 4) is 17.6 Å². The number of halogens is 1. The predicted octanol–water partition coefficient (Wildman–Crippen LogP) is 2.79. The molecule has 0 atom stereocenters.